The van der Waals surface area contributed by atoms with E-state index in [1.54, 1.807) is 0 Å². The SMILES string of the molecule is Cc1ccc2[nH]cc([C@@H](C(=O)O)N3CCc4ccccc4C3)c2c1. The summed E-state index contributed by atoms with van der Waals surface area (Å²) in [6.45, 7) is 3.46. The van der Waals surface area contributed by atoms with Gasteiger partial charge in [0.05, 0.1) is 0 Å². The van der Waals surface area contributed by atoms with Crippen LogP contribution in [0, 0.1) is 6.92 Å². The molecule has 1 aliphatic rings. The van der Waals surface area contributed by atoms with Gasteiger partial charge in [0, 0.05) is 35.8 Å². The number of carboxylic acid groups (broad SMARTS) is 1. The molecule has 0 aliphatic carbocycles. The number of H-pyrrole nitrogens is 1. The van der Waals surface area contributed by atoms with Gasteiger partial charge in [-0.2, -0.15) is 0 Å². The zero-order valence-electron chi connectivity index (χ0n) is 13.6. The molecule has 2 heterocycles. The lowest BCUT2D eigenvalue weighted by Crippen LogP contribution is -2.38. The lowest BCUT2D eigenvalue weighted by Gasteiger charge is -2.33. The summed E-state index contributed by atoms with van der Waals surface area (Å²) in [5.41, 5.74) is 5.52. The fourth-order valence-corrected chi connectivity index (χ4v) is 3.71. The number of fused-ring (bicyclic) bond motifs is 2. The molecule has 0 saturated heterocycles. The van der Waals surface area contributed by atoms with Gasteiger partial charge in [0.2, 0.25) is 0 Å². The smallest absolute Gasteiger partial charge is 0.325 e. The van der Waals surface area contributed by atoms with Crippen molar-refractivity contribution >= 4 is 16.9 Å². The Bertz CT molecular complexity index is 913. The highest BCUT2D eigenvalue weighted by molar-refractivity contribution is 5.89. The number of hydrogen-bond acceptors (Lipinski definition) is 2. The van der Waals surface area contributed by atoms with Crippen molar-refractivity contribution in [3.05, 3.63) is 70.9 Å². The normalized spacial score (nSPS) is 16.0. The van der Waals surface area contributed by atoms with E-state index < -0.39 is 12.0 Å². The molecule has 3 aromatic rings. The second-order valence-corrected chi connectivity index (χ2v) is 6.52. The number of benzene rings is 2. The highest BCUT2D eigenvalue weighted by Crippen LogP contribution is 2.32. The molecule has 0 bridgehead atoms. The summed E-state index contributed by atoms with van der Waals surface area (Å²) in [6.07, 6.45) is 2.74. The van der Waals surface area contributed by atoms with E-state index in [2.05, 4.69) is 28.1 Å². The lowest BCUT2D eigenvalue weighted by molar-refractivity contribution is -0.144. The van der Waals surface area contributed by atoms with Crippen LogP contribution in [0.25, 0.3) is 10.9 Å². The quantitative estimate of drug-likeness (QED) is 0.774. The number of carboxylic acids is 1. The van der Waals surface area contributed by atoms with Crippen LogP contribution in [-0.2, 0) is 17.8 Å². The summed E-state index contributed by atoms with van der Waals surface area (Å²) in [6, 6.07) is 13.8. The molecule has 24 heavy (non-hydrogen) atoms. The van der Waals surface area contributed by atoms with Gasteiger partial charge in [0.25, 0.3) is 0 Å². The Kier molecular flexibility index (Phi) is 3.62. The number of carbonyl (C=O) groups is 1. The molecule has 1 aromatic heterocycles. The Balaban J connectivity index is 1.75. The fraction of sp³-hybridized carbons (Fsp3) is 0.250. The van der Waals surface area contributed by atoms with E-state index in [4.69, 9.17) is 0 Å². The van der Waals surface area contributed by atoms with Crippen molar-refractivity contribution < 1.29 is 9.90 Å². The highest BCUT2D eigenvalue weighted by atomic mass is 16.4. The van der Waals surface area contributed by atoms with Crippen molar-refractivity contribution in [2.24, 2.45) is 0 Å². The number of aromatic amines is 1. The maximum atomic E-state index is 12.1. The average molecular weight is 320 g/mol. The van der Waals surface area contributed by atoms with Crippen LogP contribution >= 0.6 is 0 Å². The van der Waals surface area contributed by atoms with Crippen molar-refractivity contribution in [1.82, 2.24) is 9.88 Å². The number of nitrogens with one attached hydrogen (secondary N) is 1. The first-order valence-corrected chi connectivity index (χ1v) is 8.25. The highest BCUT2D eigenvalue weighted by Gasteiger charge is 2.31. The largest absolute Gasteiger partial charge is 0.480 e. The second kappa shape index (κ2) is 5.80. The molecule has 4 rings (SSSR count). The van der Waals surface area contributed by atoms with Crippen LogP contribution in [0.15, 0.2) is 48.7 Å². The lowest BCUT2D eigenvalue weighted by atomic mass is 9.96. The van der Waals surface area contributed by atoms with E-state index in [1.807, 2.05) is 37.4 Å². The number of rotatable bonds is 3. The molecule has 0 radical (unpaired) electrons. The van der Waals surface area contributed by atoms with E-state index in [9.17, 15) is 9.90 Å². The first-order valence-electron chi connectivity index (χ1n) is 8.25. The zero-order valence-corrected chi connectivity index (χ0v) is 13.6. The van der Waals surface area contributed by atoms with Gasteiger partial charge in [-0.1, -0.05) is 35.9 Å². The first kappa shape index (κ1) is 15.0. The molecule has 0 spiro atoms. The van der Waals surface area contributed by atoms with Gasteiger partial charge < -0.3 is 10.1 Å². The minimum atomic E-state index is -0.795. The molecule has 1 aliphatic heterocycles. The molecular formula is C20H20N2O2. The molecule has 4 nitrogen and oxygen atoms in total. The van der Waals surface area contributed by atoms with Gasteiger partial charge in [-0.05, 0) is 36.6 Å². The molecule has 2 aromatic carbocycles. The first-order chi connectivity index (χ1) is 11.6. The number of aromatic nitrogens is 1. The van der Waals surface area contributed by atoms with Crippen molar-refractivity contribution in [2.45, 2.75) is 25.9 Å². The molecular weight excluding hydrogens is 300 g/mol. The van der Waals surface area contributed by atoms with Crippen LogP contribution in [0.5, 0.6) is 0 Å². The summed E-state index contributed by atoms with van der Waals surface area (Å²) in [4.78, 5) is 17.4. The van der Waals surface area contributed by atoms with Gasteiger partial charge >= 0.3 is 5.97 Å². The number of aliphatic carboxylic acids is 1. The molecule has 2 N–H and O–H groups in total. The molecule has 0 saturated carbocycles. The summed E-state index contributed by atoms with van der Waals surface area (Å²) >= 11 is 0. The van der Waals surface area contributed by atoms with Crippen LogP contribution < -0.4 is 0 Å². The second-order valence-electron chi connectivity index (χ2n) is 6.52. The monoisotopic (exact) mass is 320 g/mol. The van der Waals surface area contributed by atoms with Crippen molar-refractivity contribution in [1.29, 1.82) is 0 Å². The van der Waals surface area contributed by atoms with Crippen molar-refractivity contribution in [3.8, 4) is 0 Å². The Hall–Kier alpha value is -2.59. The van der Waals surface area contributed by atoms with Crippen LogP contribution in [0.4, 0.5) is 0 Å². The summed E-state index contributed by atoms with van der Waals surface area (Å²) < 4.78 is 0. The predicted molar refractivity (Wildman–Crippen MR) is 94.0 cm³/mol. The molecule has 4 heteroatoms. The Morgan fingerprint density at radius 3 is 2.79 bits per heavy atom. The number of aryl methyl sites for hydroxylation is 1. The standard InChI is InChI=1S/C20H20N2O2/c1-13-6-7-18-16(10-13)17(11-21-18)19(20(23)24)22-9-8-14-4-2-3-5-15(14)12-22/h2-7,10-11,19,21H,8-9,12H2,1H3,(H,23,24)/t19-/m0/s1. The van der Waals surface area contributed by atoms with Crippen LogP contribution in [0.3, 0.4) is 0 Å². The zero-order chi connectivity index (χ0) is 16.7. The van der Waals surface area contributed by atoms with Crippen molar-refractivity contribution in [2.75, 3.05) is 6.54 Å². The van der Waals surface area contributed by atoms with Crippen molar-refractivity contribution in [3.63, 3.8) is 0 Å². The maximum Gasteiger partial charge on any atom is 0.325 e. The molecule has 0 fully saturated rings. The predicted octanol–water partition coefficient (Wildman–Crippen LogP) is 3.66. The Morgan fingerprint density at radius 1 is 1.21 bits per heavy atom. The van der Waals surface area contributed by atoms with E-state index in [-0.39, 0.29) is 0 Å². The van der Waals surface area contributed by atoms with Gasteiger partial charge in [-0.25, -0.2) is 0 Å². The maximum absolute atomic E-state index is 12.1. The van der Waals surface area contributed by atoms with Crippen LogP contribution in [0.2, 0.25) is 0 Å². The summed E-state index contributed by atoms with van der Waals surface area (Å²) in [7, 11) is 0. The van der Waals surface area contributed by atoms with Gasteiger partial charge in [0.1, 0.15) is 6.04 Å². The summed E-state index contributed by atoms with van der Waals surface area (Å²) in [5.74, 6) is -0.795. The fourth-order valence-electron chi connectivity index (χ4n) is 3.71. The van der Waals surface area contributed by atoms with E-state index >= 15 is 0 Å². The Labute approximate surface area is 140 Å². The molecule has 0 amide bonds. The van der Waals surface area contributed by atoms with E-state index in [0.717, 1.165) is 35.0 Å². The number of nitrogens with zero attached hydrogens (tertiary/aromatic N) is 1. The minimum Gasteiger partial charge on any atom is -0.480 e. The number of hydrogen-bond donors (Lipinski definition) is 2. The van der Waals surface area contributed by atoms with Gasteiger partial charge in [0.15, 0.2) is 0 Å². The Morgan fingerprint density at radius 2 is 2.00 bits per heavy atom. The average Bonchev–Trinajstić information content (AvgIpc) is 2.97. The summed E-state index contributed by atoms with van der Waals surface area (Å²) in [5, 5.41) is 10.9. The van der Waals surface area contributed by atoms with E-state index in [1.165, 1.54) is 11.1 Å². The minimum absolute atomic E-state index is 0.631. The third-order valence-corrected chi connectivity index (χ3v) is 4.92. The van der Waals surface area contributed by atoms with Crippen LogP contribution in [-0.4, -0.2) is 27.5 Å². The van der Waals surface area contributed by atoms with E-state index in [0.29, 0.717) is 6.54 Å². The third kappa shape index (κ3) is 2.49. The molecule has 122 valence electrons. The van der Waals surface area contributed by atoms with Gasteiger partial charge in [-0.3, -0.25) is 9.69 Å². The van der Waals surface area contributed by atoms with Gasteiger partial charge in [-0.15, -0.1) is 0 Å². The molecule has 0 unspecified atom stereocenters. The van der Waals surface area contributed by atoms with Crippen LogP contribution in [0.1, 0.15) is 28.3 Å². The topological polar surface area (TPSA) is 56.3 Å². The third-order valence-electron chi connectivity index (χ3n) is 4.92. The molecule has 1 atom stereocenters.